The Morgan fingerprint density at radius 2 is 0.838 bits per heavy atom. The van der Waals surface area contributed by atoms with Crippen LogP contribution in [0, 0.1) is 0 Å². The van der Waals surface area contributed by atoms with Crippen molar-refractivity contribution in [3.8, 4) is 0 Å². The highest BCUT2D eigenvalue weighted by Crippen LogP contribution is 2.12. The number of hydrogen-bond acceptors (Lipinski definition) is 12. The molecule has 2 amide bonds. The molecule has 0 unspecified atom stereocenters. The van der Waals surface area contributed by atoms with Crippen LogP contribution in [0.5, 0.6) is 0 Å². The first-order valence-corrected chi connectivity index (χ1v) is 12.8. The van der Waals surface area contributed by atoms with Crippen molar-refractivity contribution in [1.82, 2.24) is 5.06 Å². The van der Waals surface area contributed by atoms with Crippen molar-refractivity contribution < 1.29 is 57.1 Å². The maximum absolute atomic E-state index is 11.6. The van der Waals surface area contributed by atoms with Crippen molar-refractivity contribution in [1.29, 1.82) is 0 Å². The largest absolute Gasteiger partial charge is 0.379 e. The van der Waals surface area contributed by atoms with E-state index in [4.69, 9.17) is 42.7 Å². The van der Waals surface area contributed by atoms with E-state index >= 15 is 0 Å². The lowest BCUT2D eigenvalue weighted by Gasteiger charge is -2.12. The maximum atomic E-state index is 11.6. The molecule has 0 N–H and O–H groups in total. The first kappa shape index (κ1) is 33.3. The number of imide groups is 1. The molecule has 1 saturated heterocycles. The van der Waals surface area contributed by atoms with Crippen molar-refractivity contribution in [2.24, 2.45) is 0 Å². The molecule has 37 heavy (non-hydrogen) atoms. The second-order valence-corrected chi connectivity index (χ2v) is 7.69. The van der Waals surface area contributed by atoms with Crippen LogP contribution in [0.25, 0.3) is 0 Å². The lowest BCUT2D eigenvalue weighted by Crippen LogP contribution is -2.32. The van der Waals surface area contributed by atoms with Gasteiger partial charge in [-0.3, -0.25) is 9.59 Å². The SMILES string of the molecule is CCCOCCOCCOCCOCCOCCOCCOCCOCCC(=O)ON1C(=O)CCC1=O. The molecule has 0 bridgehead atoms. The highest BCUT2D eigenvalue weighted by Gasteiger charge is 2.32. The molecular formula is C24H43NO12. The Morgan fingerprint density at radius 1 is 0.541 bits per heavy atom. The first-order chi connectivity index (χ1) is 18.1. The molecular weight excluding hydrogens is 494 g/mol. The number of carbonyl (C=O) groups is 3. The molecule has 1 fully saturated rings. The summed E-state index contributed by atoms with van der Waals surface area (Å²) in [6.07, 6.45) is 1.08. The molecule has 0 aliphatic carbocycles. The maximum Gasteiger partial charge on any atom is 0.335 e. The Kier molecular flexibility index (Phi) is 22.2. The highest BCUT2D eigenvalue weighted by molar-refractivity contribution is 6.01. The van der Waals surface area contributed by atoms with E-state index in [1.54, 1.807) is 0 Å². The summed E-state index contributed by atoms with van der Waals surface area (Å²) in [5, 5.41) is 0.521. The fraction of sp³-hybridized carbons (Fsp3) is 0.875. The first-order valence-electron chi connectivity index (χ1n) is 12.8. The molecule has 0 aromatic heterocycles. The van der Waals surface area contributed by atoms with Crippen LogP contribution in [0.2, 0.25) is 0 Å². The van der Waals surface area contributed by atoms with Gasteiger partial charge in [0, 0.05) is 19.4 Å². The Morgan fingerprint density at radius 3 is 1.16 bits per heavy atom. The van der Waals surface area contributed by atoms with Crippen LogP contribution in [-0.4, -0.2) is 129 Å². The van der Waals surface area contributed by atoms with Crippen LogP contribution in [0.3, 0.4) is 0 Å². The van der Waals surface area contributed by atoms with Crippen LogP contribution in [0.4, 0.5) is 0 Å². The lowest BCUT2D eigenvalue weighted by atomic mass is 10.4. The number of amides is 2. The van der Waals surface area contributed by atoms with Crippen molar-refractivity contribution in [3.05, 3.63) is 0 Å². The third-order valence-corrected chi connectivity index (χ3v) is 4.60. The summed E-state index contributed by atoms with van der Waals surface area (Å²) in [6, 6.07) is 0. The summed E-state index contributed by atoms with van der Waals surface area (Å²) in [5.74, 6) is -1.70. The van der Waals surface area contributed by atoms with E-state index in [0.717, 1.165) is 13.0 Å². The van der Waals surface area contributed by atoms with E-state index in [1.807, 2.05) is 0 Å². The number of rotatable bonds is 27. The molecule has 1 aliphatic heterocycles. The van der Waals surface area contributed by atoms with Crippen molar-refractivity contribution in [2.45, 2.75) is 32.6 Å². The molecule has 0 saturated carbocycles. The van der Waals surface area contributed by atoms with Crippen LogP contribution in [0.15, 0.2) is 0 Å². The summed E-state index contributed by atoms with van der Waals surface area (Å²) < 4.78 is 42.9. The zero-order valence-corrected chi connectivity index (χ0v) is 22.0. The van der Waals surface area contributed by atoms with Crippen molar-refractivity contribution >= 4 is 17.8 Å². The molecule has 1 heterocycles. The van der Waals surface area contributed by atoms with E-state index in [1.165, 1.54) is 0 Å². The topological polar surface area (TPSA) is 138 Å². The molecule has 1 aliphatic rings. The zero-order chi connectivity index (χ0) is 26.8. The standard InChI is InChI=1S/C24H43NO12/c1-2-6-29-8-10-31-12-14-33-16-18-35-20-21-36-19-17-34-15-13-32-11-9-30-7-5-24(28)37-25-22(26)3-4-23(25)27/h2-21H2,1H3. The quantitative estimate of drug-likeness (QED) is 0.107. The molecule has 0 aromatic carbocycles. The summed E-state index contributed by atoms with van der Waals surface area (Å²) in [4.78, 5) is 39.0. The lowest BCUT2D eigenvalue weighted by molar-refractivity contribution is -0.198. The fourth-order valence-corrected chi connectivity index (χ4v) is 2.75. The molecule has 0 aromatic rings. The molecule has 13 nitrogen and oxygen atoms in total. The van der Waals surface area contributed by atoms with Gasteiger partial charge in [-0.25, -0.2) is 4.79 Å². The Balaban J connectivity index is 1.69. The predicted molar refractivity (Wildman–Crippen MR) is 129 cm³/mol. The predicted octanol–water partition coefficient (Wildman–Crippen LogP) is 0.527. The molecule has 0 atom stereocenters. The van der Waals surface area contributed by atoms with Gasteiger partial charge in [0.25, 0.3) is 11.8 Å². The van der Waals surface area contributed by atoms with Gasteiger partial charge in [-0.2, -0.15) is 0 Å². The Labute approximate surface area is 218 Å². The van der Waals surface area contributed by atoms with Gasteiger partial charge in [-0.05, 0) is 6.42 Å². The molecule has 216 valence electrons. The minimum absolute atomic E-state index is 0.0653. The third-order valence-electron chi connectivity index (χ3n) is 4.60. The average molecular weight is 538 g/mol. The van der Waals surface area contributed by atoms with E-state index in [-0.39, 0.29) is 25.9 Å². The number of carbonyl (C=O) groups excluding carboxylic acids is 3. The summed E-state index contributed by atoms with van der Waals surface area (Å²) >= 11 is 0. The van der Waals surface area contributed by atoms with Crippen LogP contribution in [0.1, 0.15) is 32.6 Å². The van der Waals surface area contributed by atoms with Gasteiger partial charge in [0.15, 0.2) is 0 Å². The van der Waals surface area contributed by atoms with Crippen molar-refractivity contribution in [2.75, 3.05) is 106 Å². The van der Waals surface area contributed by atoms with Gasteiger partial charge in [-0.1, -0.05) is 6.92 Å². The Bertz CT molecular complexity index is 576. The van der Waals surface area contributed by atoms with Gasteiger partial charge < -0.3 is 42.7 Å². The number of hydroxylamine groups is 2. The van der Waals surface area contributed by atoms with Crippen LogP contribution < -0.4 is 0 Å². The van der Waals surface area contributed by atoms with E-state index < -0.39 is 17.8 Å². The van der Waals surface area contributed by atoms with E-state index in [2.05, 4.69) is 6.92 Å². The van der Waals surface area contributed by atoms with Gasteiger partial charge in [0.1, 0.15) is 0 Å². The van der Waals surface area contributed by atoms with Crippen LogP contribution in [-0.2, 0) is 57.1 Å². The highest BCUT2D eigenvalue weighted by atomic mass is 16.7. The molecule has 1 rings (SSSR count). The molecule has 13 heteroatoms. The fourth-order valence-electron chi connectivity index (χ4n) is 2.75. The third kappa shape index (κ3) is 20.0. The van der Waals surface area contributed by atoms with Gasteiger partial charge in [0.2, 0.25) is 0 Å². The van der Waals surface area contributed by atoms with Gasteiger partial charge in [0.05, 0.1) is 106 Å². The normalized spacial score (nSPS) is 13.6. The Hall–Kier alpha value is -1.71. The van der Waals surface area contributed by atoms with E-state index in [9.17, 15) is 14.4 Å². The van der Waals surface area contributed by atoms with Crippen molar-refractivity contribution in [3.63, 3.8) is 0 Å². The average Bonchev–Trinajstić information content (AvgIpc) is 3.20. The molecule has 0 spiro atoms. The second kappa shape index (κ2) is 24.6. The minimum atomic E-state index is -0.693. The molecule has 0 radical (unpaired) electrons. The van der Waals surface area contributed by atoms with Crippen LogP contribution >= 0.6 is 0 Å². The second-order valence-electron chi connectivity index (χ2n) is 7.69. The van der Waals surface area contributed by atoms with E-state index in [0.29, 0.717) is 97.6 Å². The minimum Gasteiger partial charge on any atom is -0.379 e. The number of nitrogens with zero attached hydrogens (tertiary/aromatic N) is 1. The zero-order valence-electron chi connectivity index (χ0n) is 22.0. The monoisotopic (exact) mass is 537 g/mol. The number of hydrogen-bond donors (Lipinski definition) is 0. The smallest absolute Gasteiger partial charge is 0.335 e. The number of ether oxygens (including phenoxy) is 8. The summed E-state index contributed by atoms with van der Waals surface area (Å²) in [5.41, 5.74) is 0. The van der Waals surface area contributed by atoms with Gasteiger partial charge >= 0.3 is 5.97 Å². The van der Waals surface area contributed by atoms with Gasteiger partial charge in [-0.15, -0.1) is 5.06 Å². The summed E-state index contributed by atoms with van der Waals surface area (Å²) in [6.45, 7) is 9.61. The summed E-state index contributed by atoms with van der Waals surface area (Å²) in [7, 11) is 0.